The van der Waals surface area contributed by atoms with Gasteiger partial charge in [0.25, 0.3) is 0 Å². The summed E-state index contributed by atoms with van der Waals surface area (Å²) >= 11 is 1.60. The standard InChI is InChI=1S/C22H30O3S/c1-4-16(3)10-11-17(5-2)12-18-8-6-7-9-21(18)25-22-14-19(24)13-20(15-23)26-22/h5-11,19-20,22-24H,2,4,12-15H2,1,3H3/b16-10+,17-11+. The molecule has 3 atom stereocenters. The normalized spacial score (nSPS) is 24.4. The lowest BCUT2D eigenvalue weighted by molar-refractivity contribution is 0.104. The van der Waals surface area contributed by atoms with E-state index in [1.54, 1.807) is 11.8 Å². The molecule has 26 heavy (non-hydrogen) atoms. The lowest BCUT2D eigenvalue weighted by Gasteiger charge is -2.31. The second-order valence-electron chi connectivity index (χ2n) is 6.71. The van der Waals surface area contributed by atoms with Gasteiger partial charge in [-0.1, -0.05) is 55.5 Å². The Morgan fingerprint density at radius 3 is 2.77 bits per heavy atom. The molecule has 1 aliphatic rings. The number of thioether (sulfide) groups is 1. The topological polar surface area (TPSA) is 49.7 Å². The van der Waals surface area contributed by atoms with Gasteiger partial charge in [-0.25, -0.2) is 0 Å². The third-order valence-electron chi connectivity index (χ3n) is 4.57. The first-order chi connectivity index (χ1) is 12.5. The van der Waals surface area contributed by atoms with Crippen molar-refractivity contribution in [1.29, 1.82) is 0 Å². The van der Waals surface area contributed by atoms with Crippen LogP contribution in [0.4, 0.5) is 0 Å². The predicted molar refractivity (Wildman–Crippen MR) is 111 cm³/mol. The number of rotatable bonds is 8. The molecule has 3 nitrogen and oxygen atoms in total. The zero-order valence-electron chi connectivity index (χ0n) is 15.7. The molecule has 0 spiro atoms. The first-order valence-corrected chi connectivity index (χ1v) is 10.2. The molecular weight excluding hydrogens is 344 g/mol. The van der Waals surface area contributed by atoms with Gasteiger partial charge in [-0.2, -0.15) is 0 Å². The van der Waals surface area contributed by atoms with Gasteiger partial charge < -0.3 is 14.9 Å². The van der Waals surface area contributed by atoms with Gasteiger partial charge in [0, 0.05) is 18.1 Å². The van der Waals surface area contributed by atoms with Gasteiger partial charge in [-0.3, -0.25) is 0 Å². The Morgan fingerprint density at radius 2 is 2.08 bits per heavy atom. The maximum Gasteiger partial charge on any atom is 0.147 e. The Morgan fingerprint density at radius 1 is 1.31 bits per heavy atom. The van der Waals surface area contributed by atoms with Crippen molar-refractivity contribution in [3.05, 3.63) is 65.8 Å². The molecule has 0 radical (unpaired) electrons. The molecule has 0 saturated carbocycles. The van der Waals surface area contributed by atoms with Gasteiger partial charge in [0.15, 0.2) is 0 Å². The summed E-state index contributed by atoms with van der Waals surface area (Å²) in [5.41, 5.74) is 3.42. The summed E-state index contributed by atoms with van der Waals surface area (Å²) in [6.07, 6.45) is 8.70. The third kappa shape index (κ3) is 6.35. The van der Waals surface area contributed by atoms with E-state index < -0.39 is 6.10 Å². The number of aliphatic hydroxyl groups excluding tert-OH is 2. The number of aliphatic hydroxyl groups is 2. The minimum absolute atomic E-state index is 0.0294. The van der Waals surface area contributed by atoms with Crippen molar-refractivity contribution >= 4 is 11.8 Å². The molecule has 0 aromatic heterocycles. The highest BCUT2D eigenvalue weighted by Crippen LogP contribution is 2.34. The SMILES string of the molecule is C=C/C(=C\C=C(/C)CC)Cc1ccccc1OC1CC(O)CC(CO)S1. The minimum Gasteiger partial charge on any atom is -0.479 e. The van der Waals surface area contributed by atoms with Crippen LogP contribution in [0.5, 0.6) is 5.75 Å². The Balaban J connectivity index is 2.13. The zero-order valence-corrected chi connectivity index (χ0v) is 16.5. The Bertz CT molecular complexity index is 651. The van der Waals surface area contributed by atoms with Gasteiger partial charge in [-0.05, 0) is 37.0 Å². The van der Waals surface area contributed by atoms with E-state index >= 15 is 0 Å². The van der Waals surface area contributed by atoms with Crippen LogP contribution in [0.25, 0.3) is 0 Å². The smallest absolute Gasteiger partial charge is 0.147 e. The van der Waals surface area contributed by atoms with E-state index in [0.717, 1.165) is 29.7 Å². The summed E-state index contributed by atoms with van der Waals surface area (Å²) in [5.74, 6) is 0.833. The molecule has 1 fully saturated rings. The average Bonchev–Trinajstić information content (AvgIpc) is 2.65. The monoisotopic (exact) mass is 374 g/mol. The predicted octanol–water partition coefficient (Wildman–Crippen LogP) is 4.65. The van der Waals surface area contributed by atoms with Crippen LogP contribution in [0, 0.1) is 0 Å². The molecule has 1 heterocycles. The molecule has 3 unspecified atom stereocenters. The van der Waals surface area contributed by atoms with Gasteiger partial charge >= 0.3 is 0 Å². The van der Waals surface area contributed by atoms with Crippen LogP contribution >= 0.6 is 11.8 Å². The fraction of sp³-hybridized carbons (Fsp3) is 0.455. The summed E-state index contributed by atoms with van der Waals surface area (Å²) in [6, 6.07) is 8.01. The molecule has 2 N–H and O–H groups in total. The number of ether oxygens (including phenoxy) is 1. The van der Waals surface area contributed by atoms with Crippen LogP contribution in [0.3, 0.4) is 0 Å². The lowest BCUT2D eigenvalue weighted by Crippen LogP contribution is -2.33. The zero-order chi connectivity index (χ0) is 18.9. The van der Waals surface area contributed by atoms with E-state index in [1.807, 2.05) is 24.3 Å². The van der Waals surface area contributed by atoms with Crippen LogP contribution in [0.1, 0.15) is 38.7 Å². The molecule has 142 valence electrons. The molecule has 1 aliphatic heterocycles. The van der Waals surface area contributed by atoms with Gasteiger partial charge in [0.05, 0.1) is 12.7 Å². The summed E-state index contributed by atoms with van der Waals surface area (Å²) in [7, 11) is 0. The van der Waals surface area contributed by atoms with Crippen LogP contribution in [0.15, 0.2) is 60.2 Å². The van der Waals surface area contributed by atoms with Gasteiger partial charge in [-0.15, -0.1) is 11.8 Å². The molecule has 4 heteroatoms. The van der Waals surface area contributed by atoms with Crippen LogP contribution in [0.2, 0.25) is 0 Å². The fourth-order valence-corrected chi connectivity index (χ4v) is 4.17. The summed E-state index contributed by atoms with van der Waals surface area (Å²) in [5, 5.41) is 19.5. The lowest BCUT2D eigenvalue weighted by atomic mass is 10.0. The summed E-state index contributed by atoms with van der Waals surface area (Å²) in [4.78, 5) is 0. The van der Waals surface area contributed by atoms with Gasteiger partial charge in [0.1, 0.15) is 11.2 Å². The van der Waals surface area contributed by atoms with E-state index in [4.69, 9.17) is 4.74 Å². The van der Waals surface area contributed by atoms with Crippen molar-refractivity contribution in [3.63, 3.8) is 0 Å². The van der Waals surface area contributed by atoms with Crippen LogP contribution < -0.4 is 4.74 Å². The number of benzene rings is 1. The highest BCUT2D eigenvalue weighted by Gasteiger charge is 2.29. The second-order valence-corrected chi connectivity index (χ2v) is 8.17. The largest absolute Gasteiger partial charge is 0.479 e. The van der Waals surface area contributed by atoms with Crippen LogP contribution in [-0.2, 0) is 6.42 Å². The number of hydrogen-bond acceptors (Lipinski definition) is 4. The Labute approximate surface area is 161 Å². The molecule has 0 aliphatic carbocycles. The number of para-hydroxylation sites is 1. The van der Waals surface area contributed by atoms with Crippen molar-refractivity contribution < 1.29 is 14.9 Å². The minimum atomic E-state index is -0.420. The Hall–Kier alpha value is -1.49. The molecule has 0 bridgehead atoms. The first-order valence-electron chi connectivity index (χ1n) is 9.23. The van der Waals surface area contributed by atoms with Crippen molar-refractivity contribution in [3.8, 4) is 5.75 Å². The molecule has 1 saturated heterocycles. The van der Waals surface area contributed by atoms with Crippen molar-refractivity contribution in [2.45, 2.75) is 56.3 Å². The van der Waals surface area contributed by atoms with Crippen molar-refractivity contribution in [2.24, 2.45) is 0 Å². The average molecular weight is 375 g/mol. The summed E-state index contributed by atoms with van der Waals surface area (Å²) < 4.78 is 6.20. The first kappa shape index (κ1) is 20.8. The highest BCUT2D eigenvalue weighted by atomic mass is 32.2. The quantitative estimate of drug-likeness (QED) is 0.650. The van der Waals surface area contributed by atoms with E-state index in [2.05, 4.69) is 38.6 Å². The van der Waals surface area contributed by atoms with E-state index in [9.17, 15) is 10.2 Å². The number of hydrogen-bond donors (Lipinski definition) is 2. The molecule has 0 amide bonds. The van der Waals surface area contributed by atoms with Crippen LogP contribution in [-0.4, -0.2) is 33.6 Å². The summed E-state index contributed by atoms with van der Waals surface area (Å²) in [6.45, 7) is 8.27. The molecular formula is C22H30O3S. The maximum absolute atomic E-state index is 10.0. The van der Waals surface area contributed by atoms with Crippen molar-refractivity contribution in [1.82, 2.24) is 0 Å². The molecule has 1 aromatic rings. The van der Waals surface area contributed by atoms with E-state index in [1.165, 1.54) is 5.57 Å². The van der Waals surface area contributed by atoms with E-state index in [-0.39, 0.29) is 17.3 Å². The fourth-order valence-electron chi connectivity index (χ4n) is 2.83. The van der Waals surface area contributed by atoms with Gasteiger partial charge in [0.2, 0.25) is 0 Å². The molecule has 1 aromatic carbocycles. The maximum atomic E-state index is 10.0. The number of allylic oxidation sites excluding steroid dienone is 5. The Kier molecular flexibility index (Phi) is 8.49. The van der Waals surface area contributed by atoms with E-state index in [0.29, 0.717) is 12.8 Å². The highest BCUT2D eigenvalue weighted by molar-refractivity contribution is 8.00. The third-order valence-corrected chi connectivity index (χ3v) is 5.89. The van der Waals surface area contributed by atoms with Crippen molar-refractivity contribution in [2.75, 3.05) is 6.61 Å². The molecule has 2 rings (SSSR count). The second kappa shape index (κ2) is 10.6.